The van der Waals surface area contributed by atoms with E-state index in [2.05, 4.69) is 64.6 Å². The molecule has 4 aromatic rings. The first-order valence-corrected chi connectivity index (χ1v) is 13.1. The van der Waals surface area contributed by atoms with Crippen molar-refractivity contribution in [2.75, 3.05) is 0 Å². The van der Waals surface area contributed by atoms with E-state index in [1.165, 1.54) is 27.8 Å². The number of rotatable bonds is 6. The Bertz CT molecular complexity index is 1370. The van der Waals surface area contributed by atoms with E-state index in [1.807, 2.05) is 6.07 Å². The fourth-order valence-electron chi connectivity index (χ4n) is 5.36. The van der Waals surface area contributed by atoms with Gasteiger partial charge >= 0.3 is 5.97 Å². The molecule has 1 fully saturated rings. The monoisotopic (exact) mass is 485 g/mol. The number of carboxylic acid groups (broad SMARTS) is 1. The third-order valence-corrected chi connectivity index (χ3v) is 8.05. The molecular formula is C28H27N3O3S. The van der Waals surface area contributed by atoms with Gasteiger partial charge in [-0.25, -0.2) is 0 Å². The van der Waals surface area contributed by atoms with Crippen LogP contribution in [0.25, 0.3) is 34.0 Å². The first-order chi connectivity index (χ1) is 17.0. The number of benzene rings is 2. The Morgan fingerprint density at radius 3 is 2.74 bits per heavy atom. The molecule has 0 amide bonds. The molecular weight excluding hydrogens is 458 g/mol. The van der Waals surface area contributed by atoms with Crippen LogP contribution in [0.5, 0.6) is 0 Å². The van der Waals surface area contributed by atoms with Crippen molar-refractivity contribution in [2.24, 2.45) is 5.92 Å². The van der Waals surface area contributed by atoms with Gasteiger partial charge in [0.1, 0.15) is 0 Å². The van der Waals surface area contributed by atoms with E-state index < -0.39 is 5.97 Å². The molecule has 6 rings (SSSR count). The van der Waals surface area contributed by atoms with Crippen LogP contribution < -0.4 is 5.32 Å². The van der Waals surface area contributed by atoms with Crippen LogP contribution in [0, 0.1) is 12.8 Å². The van der Waals surface area contributed by atoms with Gasteiger partial charge in [-0.05, 0) is 102 Å². The number of nitrogens with one attached hydrogen (secondary N) is 1. The second-order valence-corrected chi connectivity index (χ2v) is 10.5. The highest BCUT2D eigenvalue weighted by atomic mass is 32.1. The fourth-order valence-corrected chi connectivity index (χ4v) is 6.02. The Morgan fingerprint density at radius 2 is 1.97 bits per heavy atom. The number of hydrogen-bond acceptors (Lipinski definition) is 6. The average molecular weight is 486 g/mol. The van der Waals surface area contributed by atoms with Crippen LogP contribution in [0.2, 0.25) is 0 Å². The van der Waals surface area contributed by atoms with Crippen molar-refractivity contribution in [1.29, 1.82) is 0 Å². The normalized spacial score (nSPS) is 21.3. The third kappa shape index (κ3) is 4.30. The first kappa shape index (κ1) is 22.2. The Labute approximate surface area is 208 Å². The second-order valence-electron chi connectivity index (χ2n) is 9.69. The number of aliphatic carboxylic acids is 1. The Morgan fingerprint density at radius 1 is 1.11 bits per heavy atom. The maximum atomic E-state index is 11.1. The van der Waals surface area contributed by atoms with Crippen LogP contribution in [0.15, 0.2) is 57.7 Å². The SMILES string of the molecule is Cc1cc(-c2nc(-c3ccc4c(c3)CCCC4NC3CC(C(=O)O)C3)no2)ccc1-c1ccsc1. The summed E-state index contributed by atoms with van der Waals surface area (Å²) in [5, 5.41) is 21.4. The van der Waals surface area contributed by atoms with Gasteiger partial charge in [0.05, 0.1) is 5.92 Å². The third-order valence-electron chi connectivity index (χ3n) is 7.37. The van der Waals surface area contributed by atoms with Crippen molar-refractivity contribution in [2.45, 2.75) is 51.1 Å². The number of aryl methyl sites for hydroxylation is 2. The number of fused-ring (bicyclic) bond motifs is 1. The van der Waals surface area contributed by atoms with Gasteiger partial charge in [-0.15, -0.1) is 0 Å². The van der Waals surface area contributed by atoms with E-state index in [-0.39, 0.29) is 12.0 Å². The maximum Gasteiger partial charge on any atom is 0.306 e. The van der Waals surface area contributed by atoms with Gasteiger partial charge in [-0.1, -0.05) is 23.4 Å². The lowest BCUT2D eigenvalue weighted by Gasteiger charge is -2.38. The van der Waals surface area contributed by atoms with Crippen LogP contribution in [-0.2, 0) is 11.2 Å². The predicted octanol–water partition coefficient (Wildman–Crippen LogP) is 6.27. The molecule has 2 heterocycles. The van der Waals surface area contributed by atoms with E-state index in [9.17, 15) is 4.79 Å². The van der Waals surface area contributed by atoms with Crippen molar-refractivity contribution in [3.8, 4) is 34.0 Å². The molecule has 2 aromatic carbocycles. The molecule has 0 spiro atoms. The molecule has 2 aliphatic rings. The number of carbonyl (C=O) groups is 1. The maximum absolute atomic E-state index is 11.1. The molecule has 0 saturated heterocycles. The Kier molecular flexibility index (Phi) is 5.74. The molecule has 0 aliphatic heterocycles. The highest BCUT2D eigenvalue weighted by Crippen LogP contribution is 2.36. The van der Waals surface area contributed by atoms with Gasteiger partial charge in [-0.2, -0.15) is 16.3 Å². The van der Waals surface area contributed by atoms with Crippen molar-refractivity contribution in [1.82, 2.24) is 15.5 Å². The molecule has 0 radical (unpaired) electrons. The molecule has 178 valence electrons. The zero-order valence-corrected chi connectivity index (χ0v) is 20.3. The first-order valence-electron chi connectivity index (χ1n) is 12.1. The van der Waals surface area contributed by atoms with Gasteiger partial charge in [0, 0.05) is 23.2 Å². The minimum atomic E-state index is -0.676. The Hall–Kier alpha value is -3.29. The number of carboxylic acids is 1. The number of nitrogens with zero attached hydrogens (tertiary/aromatic N) is 2. The van der Waals surface area contributed by atoms with Crippen LogP contribution in [0.1, 0.15) is 48.4 Å². The molecule has 0 bridgehead atoms. The van der Waals surface area contributed by atoms with E-state index in [0.29, 0.717) is 17.8 Å². The Balaban J connectivity index is 1.20. The predicted molar refractivity (Wildman–Crippen MR) is 136 cm³/mol. The van der Waals surface area contributed by atoms with E-state index in [0.717, 1.165) is 43.2 Å². The lowest BCUT2D eigenvalue weighted by atomic mass is 9.78. The van der Waals surface area contributed by atoms with Crippen molar-refractivity contribution < 1.29 is 14.4 Å². The van der Waals surface area contributed by atoms with E-state index >= 15 is 0 Å². The van der Waals surface area contributed by atoms with Crippen LogP contribution in [0.4, 0.5) is 0 Å². The van der Waals surface area contributed by atoms with E-state index in [1.54, 1.807) is 11.3 Å². The topological polar surface area (TPSA) is 88.2 Å². The van der Waals surface area contributed by atoms with Crippen LogP contribution in [0.3, 0.4) is 0 Å². The summed E-state index contributed by atoms with van der Waals surface area (Å²) in [5.41, 5.74) is 8.11. The average Bonchev–Trinajstić information content (AvgIpc) is 3.53. The summed E-state index contributed by atoms with van der Waals surface area (Å²) in [6.07, 6.45) is 4.65. The molecule has 7 heteroatoms. The molecule has 1 atom stereocenters. The number of hydrogen-bond donors (Lipinski definition) is 2. The molecule has 1 saturated carbocycles. The van der Waals surface area contributed by atoms with Gasteiger partial charge < -0.3 is 14.9 Å². The molecule has 35 heavy (non-hydrogen) atoms. The lowest BCUT2D eigenvalue weighted by Crippen LogP contribution is -2.46. The summed E-state index contributed by atoms with van der Waals surface area (Å²) in [6.45, 7) is 2.10. The van der Waals surface area contributed by atoms with Gasteiger partial charge in [0.25, 0.3) is 5.89 Å². The summed E-state index contributed by atoms with van der Waals surface area (Å²) in [5.74, 6) is 0.252. The minimum absolute atomic E-state index is 0.194. The second kappa shape index (κ2) is 9.06. The largest absolute Gasteiger partial charge is 0.481 e. The molecule has 2 N–H and O–H groups in total. The highest BCUT2D eigenvalue weighted by molar-refractivity contribution is 7.08. The number of aromatic nitrogens is 2. The van der Waals surface area contributed by atoms with Gasteiger partial charge in [-0.3, -0.25) is 4.79 Å². The summed E-state index contributed by atoms with van der Waals surface area (Å²) in [6, 6.07) is 15.4. The van der Waals surface area contributed by atoms with Crippen molar-refractivity contribution in [3.05, 3.63) is 69.9 Å². The molecule has 2 aromatic heterocycles. The van der Waals surface area contributed by atoms with Crippen molar-refractivity contribution in [3.63, 3.8) is 0 Å². The molecule has 2 aliphatic carbocycles. The molecule has 1 unspecified atom stereocenters. The lowest BCUT2D eigenvalue weighted by molar-refractivity contribution is -0.145. The molecule has 6 nitrogen and oxygen atoms in total. The van der Waals surface area contributed by atoms with Crippen molar-refractivity contribution >= 4 is 17.3 Å². The quantitative estimate of drug-likeness (QED) is 0.335. The van der Waals surface area contributed by atoms with E-state index in [4.69, 9.17) is 14.6 Å². The smallest absolute Gasteiger partial charge is 0.306 e. The highest BCUT2D eigenvalue weighted by Gasteiger charge is 2.36. The standard InChI is InChI=1S/C28H27N3O3S/c1-16-11-19(6-7-23(16)20-9-10-35-15-20)27-30-26(31-34-27)18-5-8-24-17(12-18)3-2-4-25(24)29-22-13-21(14-22)28(32)33/h5-12,15,21-22,25,29H,2-4,13-14H2,1H3,(H,32,33). The summed E-state index contributed by atoms with van der Waals surface area (Å²) >= 11 is 1.70. The zero-order chi connectivity index (χ0) is 23.9. The minimum Gasteiger partial charge on any atom is -0.481 e. The van der Waals surface area contributed by atoms with Gasteiger partial charge in [0.15, 0.2) is 0 Å². The fraction of sp³-hybridized carbons (Fsp3) is 0.321. The summed E-state index contributed by atoms with van der Waals surface area (Å²) in [4.78, 5) is 15.8. The summed E-state index contributed by atoms with van der Waals surface area (Å²) < 4.78 is 5.64. The zero-order valence-electron chi connectivity index (χ0n) is 19.5. The number of thiophene rings is 1. The van der Waals surface area contributed by atoms with Crippen LogP contribution in [-0.4, -0.2) is 27.3 Å². The van der Waals surface area contributed by atoms with Gasteiger partial charge in [0.2, 0.25) is 5.82 Å². The summed E-state index contributed by atoms with van der Waals surface area (Å²) in [7, 11) is 0. The van der Waals surface area contributed by atoms with Crippen LogP contribution >= 0.6 is 11.3 Å².